The average molecular weight is 278 g/mol. The molecule has 2 nitrogen and oxygen atoms in total. The summed E-state index contributed by atoms with van der Waals surface area (Å²) in [6.45, 7) is 3.20. The summed E-state index contributed by atoms with van der Waals surface area (Å²) in [5.41, 5.74) is 4.05. The van der Waals surface area contributed by atoms with Gasteiger partial charge < -0.3 is 9.88 Å². The van der Waals surface area contributed by atoms with Gasteiger partial charge >= 0.3 is 0 Å². The predicted molar refractivity (Wildman–Crippen MR) is 89.8 cm³/mol. The van der Waals surface area contributed by atoms with Crippen LogP contribution in [0.5, 0.6) is 0 Å². The minimum Gasteiger partial charge on any atom is -0.340 e. The SMILES string of the molecule is CNCCC(c1ccccc1)n1ccc2cccc(C)c21. The summed E-state index contributed by atoms with van der Waals surface area (Å²) in [5, 5.41) is 4.60. The summed E-state index contributed by atoms with van der Waals surface area (Å²) >= 11 is 0. The van der Waals surface area contributed by atoms with Gasteiger partial charge in [0, 0.05) is 6.20 Å². The van der Waals surface area contributed by atoms with Crippen molar-refractivity contribution < 1.29 is 0 Å². The van der Waals surface area contributed by atoms with Crippen LogP contribution in [0.15, 0.2) is 60.8 Å². The van der Waals surface area contributed by atoms with Crippen molar-refractivity contribution >= 4 is 10.9 Å². The van der Waals surface area contributed by atoms with Crippen LogP contribution in [0.25, 0.3) is 10.9 Å². The fourth-order valence-corrected chi connectivity index (χ4v) is 3.09. The van der Waals surface area contributed by atoms with E-state index in [9.17, 15) is 0 Å². The molecular weight excluding hydrogens is 256 g/mol. The number of hydrogen-bond donors (Lipinski definition) is 1. The van der Waals surface area contributed by atoms with Crippen LogP contribution in [-0.2, 0) is 0 Å². The van der Waals surface area contributed by atoms with Crippen LogP contribution in [0, 0.1) is 6.92 Å². The first-order valence-corrected chi connectivity index (χ1v) is 7.57. The molecule has 1 unspecified atom stereocenters. The molecule has 0 aliphatic rings. The Labute approximate surface area is 126 Å². The number of rotatable bonds is 5. The van der Waals surface area contributed by atoms with Crippen LogP contribution in [0.4, 0.5) is 0 Å². The van der Waals surface area contributed by atoms with Crippen LogP contribution in [-0.4, -0.2) is 18.2 Å². The Bertz CT molecular complexity index is 713. The highest BCUT2D eigenvalue weighted by Gasteiger charge is 2.15. The first-order chi connectivity index (χ1) is 10.3. The van der Waals surface area contributed by atoms with Gasteiger partial charge in [0.05, 0.1) is 11.6 Å². The van der Waals surface area contributed by atoms with E-state index in [1.165, 1.54) is 22.0 Å². The largest absolute Gasteiger partial charge is 0.340 e. The van der Waals surface area contributed by atoms with Crippen molar-refractivity contribution in [1.29, 1.82) is 0 Å². The summed E-state index contributed by atoms with van der Waals surface area (Å²) < 4.78 is 2.43. The molecule has 3 aromatic rings. The third-order valence-electron chi connectivity index (χ3n) is 4.13. The van der Waals surface area contributed by atoms with Crippen molar-refractivity contribution in [2.75, 3.05) is 13.6 Å². The van der Waals surface area contributed by atoms with E-state index >= 15 is 0 Å². The van der Waals surface area contributed by atoms with E-state index in [0.717, 1.165) is 13.0 Å². The zero-order chi connectivity index (χ0) is 14.7. The number of fused-ring (bicyclic) bond motifs is 1. The van der Waals surface area contributed by atoms with E-state index in [2.05, 4.69) is 77.6 Å². The minimum atomic E-state index is 0.372. The van der Waals surface area contributed by atoms with Gasteiger partial charge in [-0.1, -0.05) is 48.5 Å². The number of nitrogens with zero attached hydrogens (tertiary/aromatic N) is 1. The molecule has 2 aromatic carbocycles. The van der Waals surface area contributed by atoms with Gasteiger partial charge in [-0.25, -0.2) is 0 Å². The van der Waals surface area contributed by atoms with Crippen molar-refractivity contribution in [1.82, 2.24) is 9.88 Å². The molecule has 1 heterocycles. The lowest BCUT2D eigenvalue weighted by molar-refractivity contribution is 0.539. The van der Waals surface area contributed by atoms with E-state index in [0.29, 0.717) is 6.04 Å². The molecule has 21 heavy (non-hydrogen) atoms. The number of aromatic nitrogens is 1. The second kappa shape index (κ2) is 6.15. The summed E-state index contributed by atoms with van der Waals surface area (Å²) in [6.07, 6.45) is 3.31. The van der Waals surface area contributed by atoms with Crippen molar-refractivity contribution in [2.24, 2.45) is 0 Å². The zero-order valence-corrected chi connectivity index (χ0v) is 12.7. The highest BCUT2D eigenvalue weighted by atomic mass is 15.0. The molecule has 0 amide bonds. The van der Waals surface area contributed by atoms with Crippen LogP contribution in [0.2, 0.25) is 0 Å². The maximum absolute atomic E-state index is 3.28. The smallest absolute Gasteiger partial charge is 0.0598 e. The Morgan fingerprint density at radius 2 is 1.81 bits per heavy atom. The third kappa shape index (κ3) is 2.72. The molecule has 0 fully saturated rings. The van der Waals surface area contributed by atoms with Crippen molar-refractivity contribution in [2.45, 2.75) is 19.4 Å². The fraction of sp³-hybridized carbons (Fsp3) is 0.263. The van der Waals surface area contributed by atoms with Gasteiger partial charge in [-0.3, -0.25) is 0 Å². The standard InChI is InChI=1S/C19H22N2/c1-15-7-6-10-17-12-14-21(19(15)17)18(11-13-20-2)16-8-4-3-5-9-16/h3-10,12,14,18,20H,11,13H2,1-2H3. The normalized spacial score (nSPS) is 12.7. The van der Waals surface area contributed by atoms with Crippen LogP contribution < -0.4 is 5.32 Å². The Balaban J connectivity index is 2.10. The van der Waals surface area contributed by atoms with E-state index in [1.807, 2.05) is 7.05 Å². The molecule has 1 atom stereocenters. The molecule has 0 saturated carbocycles. The van der Waals surface area contributed by atoms with Crippen LogP contribution in [0.1, 0.15) is 23.6 Å². The molecule has 0 spiro atoms. The van der Waals surface area contributed by atoms with Gasteiger partial charge in [-0.2, -0.15) is 0 Å². The first-order valence-electron chi connectivity index (χ1n) is 7.57. The van der Waals surface area contributed by atoms with E-state index in [-0.39, 0.29) is 0 Å². The van der Waals surface area contributed by atoms with Gasteiger partial charge in [-0.15, -0.1) is 0 Å². The Morgan fingerprint density at radius 3 is 2.57 bits per heavy atom. The molecule has 0 aliphatic carbocycles. The minimum absolute atomic E-state index is 0.372. The molecular formula is C19H22N2. The van der Waals surface area contributed by atoms with Gasteiger partial charge in [0.2, 0.25) is 0 Å². The first kappa shape index (κ1) is 13.9. The van der Waals surface area contributed by atoms with E-state index in [1.54, 1.807) is 0 Å². The van der Waals surface area contributed by atoms with Crippen molar-refractivity contribution in [3.05, 3.63) is 71.9 Å². The maximum atomic E-state index is 3.28. The van der Waals surface area contributed by atoms with Crippen molar-refractivity contribution in [3.63, 3.8) is 0 Å². The Morgan fingerprint density at radius 1 is 1.00 bits per heavy atom. The average Bonchev–Trinajstić information content (AvgIpc) is 2.94. The summed E-state index contributed by atoms with van der Waals surface area (Å²) in [4.78, 5) is 0. The molecule has 1 aromatic heterocycles. The summed E-state index contributed by atoms with van der Waals surface area (Å²) in [7, 11) is 2.01. The van der Waals surface area contributed by atoms with Gasteiger partial charge in [0.15, 0.2) is 0 Å². The monoisotopic (exact) mass is 278 g/mol. The van der Waals surface area contributed by atoms with Gasteiger partial charge in [-0.05, 0) is 49.5 Å². The van der Waals surface area contributed by atoms with Gasteiger partial charge in [0.25, 0.3) is 0 Å². The number of hydrogen-bond acceptors (Lipinski definition) is 1. The second-order valence-electron chi connectivity index (χ2n) is 5.55. The Kier molecular flexibility index (Phi) is 4.07. The molecule has 1 N–H and O–H groups in total. The lowest BCUT2D eigenvalue weighted by Crippen LogP contribution is -2.17. The number of benzene rings is 2. The molecule has 0 bridgehead atoms. The topological polar surface area (TPSA) is 17.0 Å². The van der Waals surface area contributed by atoms with E-state index < -0.39 is 0 Å². The lowest BCUT2D eigenvalue weighted by Gasteiger charge is -2.21. The maximum Gasteiger partial charge on any atom is 0.0598 e. The molecule has 0 aliphatic heterocycles. The van der Waals surface area contributed by atoms with Gasteiger partial charge in [0.1, 0.15) is 0 Å². The molecule has 0 saturated heterocycles. The van der Waals surface area contributed by atoms with Crippen molar-refractivity contribution in [3.8, 4) is 0 Å². The predicted octanol–water partition coefficient (Wildman–Crippen LogP) is 4.15. The summed E-state index contributed by atoms with van der Waals surface area (Å²) in [6, 6.07) is 19.9. The third-order valence-corrected chi connectivity index (χ3v) is 4.13. The molecule has 3 rings (SSSR count). The van der Waals surface area contributed by atoms with E-state index in [4.69, 9.17) is 0 Å². The highest BCUT2D eigenvalue weighted by Crippen LogP contribution is 2.29. The fourth-order valence-electron chi connectivity index (χ4n) is 3.09. The number of para-hydroxylation sites is 1. The highest BCUT2D eigenvalue weighted by molar-refractivity contribution is 5.83. The lowest BCUT2D eigenvalue weighted by atomic mass is 10.0. The quantitative estimate of drug-likeness (QED) is 0.742. The second-order valence-corrected chi connectivity index (χ2v) is 5.55. The van der Waals surface area contributed by atoms with Crippen LogP contribution >= 0.6 is 0 Å². The Hall–Kier alpha value is -2.06. The summed E-state index contributed by atoms with van der Waals surface area (Å²) in [5.74, 6) is 0. The zero-order valence-electron chi connectivity index (χ0n) is 12.7. The van der Waals surface area contributed by atoms with Crippen LogP contribution in [0.3, 0.4) is 0 Å². The molecule has 2 heteroatoms. The number of aryl methyl sites for hydroxylation is 1. The number of nitrogens with one attached hydrogen (secondary N) is 1. The molecule has 108 valence electrons. The molecule has 0 radical (unpaired) electrons.